The highest BCUT2D eigenvalue weighted by atomic mass is 16.6. The number of fused-ring (bicyclic) bond motifs is 2. The van der Waals surface area contributed by atoms with Crippen LogP contribution in [-0.4, -0.2) is 65.7 Å². The maximum atomic E-state index is 10.8. The van der Waals surface area contributed by atoms with Crippen LogP contribution in [0.2, 0.25) is 0 Å². The number of piperidine rings is 1. The number of hydrogen-bond donors (Lipinski definition) is 1. The Kier molecular flexibility index (Phi) is 8.92. The summed E-state index contributed by atoms with van der Waals surface area (Å²) in [5.74, 6) is 1.99. The van der Waals surface area contributed by atoms with Gasteiger partial charge < -0.3 is 23.9 Å². The molecule has 5 aromatic rings. The summed E-state index contributed by atoms with van der Waals surface area (Å²) in [5, 5.41) is 25.2. The predicted molar refractivity (Wildman–Crippen MR) is 181 cm³/mol. The molecule has 7 rings (SSSR count). The molecule has 250 valence electrons. The van der Waals surface area contributed by atoms with Crippen LogP contribution in [0, 0.1) is 11.3 Å². The number of nitrogens with zero attached hydrogens (tertiary/aromatic N) is 7. The van der Waals surface area contributed by atoms with Gasteiger partial charge in [0, 0.05) is 42.3 Å². The lowest BCUT2D eigenvalue weighted by molar-refractivity contribution is -0.169. The first kappa shape index (κ1) is 32.2. The third-order valence-electron chi connectivity index (χ3n) is 9.31. The number of rotatable bonds is 10. The zero-order chi connectivity index (χ0) is 33.4. The number of ether oxygens (including phenoxy) is 3. The smallest absolute Gasteiger partial charge is 0.213 e. The van der Waals surface area contributed by atoms with Crippen molar-refractivity contribution in [2.24, 2.45) is 7.05 Å². The first-order valence-corrected chi connectivity index (χ1v) is 16.8. The Bertz CT molecular complexity index is 1960. The molecule has 0 bridgehead atoms. The van der Waals surface area contributed by atoms with Gasteiger partial charge in [-0.3, -0.25) is 9.58 Å². The number of aliphatic hydroxyl groups excluding tert-OH is 1. The van der Waals surface area contributed by atoms with Gasteiger partial charge in [0.25, 0.3) is 0 Å². The SMILES string of the molecule is Cn1nc(C#N)c2ccc(COc3cccc(C4CCN(Cc5nc6ccc(C(O)OC(C)(C)C)cc6n5C[C@@H]5CCO5)CC4)n3)cc21. The molecule has 1 N–H and O–H groups in total. The van der Waals surface area contributed by atoms with Crippen molar-refractivity contribution in [2.45, 2.75) is 83.6 Å². The van der Waals surface area contributed by atoms with Crippen LogP contribution in [0.25, 0.3) is 21.9 Å². The number of imidazole rings is 1. The molecule has 48 heavy (non-hydrogen) atoms. The van der Waals surface area contributed by atoms with Gasteiger partial charge in [-0.25, -0.2) is 9.97 Å². The fourth-order valence-electron chi connectivity index (χ4n) is 6.66. The Balaban J connectivity index is 1.00. The molecule has 2 aliphatic heterocycles. The van der Waals surface area contributed by atoms with E-state index in [0.717, 1.165) is 96.6 Å². The summed E-state index contributed by atoms with van der Waals surface area (Å²) in [4.78, 5) is 12.4. The van der Waals surface area contributed by atoms with Gasteiger partial charge in [0.15, 0.2) is 12.0 Å². The Morgan fingerprint density at radius 2 is 1.85 bits per heavy atom. The van der Waals surface area contributed by atoms with Gasteiger partial charge in [-0.15, -0.1) is 0 Å². The quantitative estimate of drug-likeness (QED) is 0.189. The summed E-state index contributed by atoms with van der Waals surface area (Å²) in [6.45, 7) is 10.4. The molecule has 0 amide bonds. The summed E-state index contributed by atoms with van der Waals surface area (Å²) in [6.07, 6.45) is 2.22. The van der Waals surface area contributed by atoms with Gasteiger partial charge in [0.2, 0.25) is 5.88 Å². The Hall–Kier alpha value is -4.34. The third kappa shape index (κ3) is 6.93. The molecule has 2 atom stereocenters. The minimum absolute atomic E-state index is 0.182. The molecule has 11 heteroatoms. The zero-order valence-corrected chi connectivity index (χ0v) is 28.1. The molecular weight excluding hydrogens is 606 g/mol. The number of benzene rings is 2. The lowest BCUT2D eigenvalue weighted by Gasteiger charge is -2.32. The highest BCUT2D eigenvalue weighted by molar-refractivity contribution is 5.84. The van der Waals surface area contributed by atoms with Crippen molar-refractivity contribution in [3.8, 4) is 11.9 Å². The van der Waals surface area contributed by atoms with Crippen LogP contribution in [-0.2, 0) is 36.2 Å². The normalized spacial score (nSPS) is 18.2. The van der Waals surface area contributed by atoms with Crippen molar-refractivity contribution in [1.82, 2.24) is 29.2 Å². The number of likely N-dealkylation sites (tertiary alicyclic amines) is 1. The monoisotopic (exact) mass is 649 g/mol. The van der Waals surface area contributed by atoms with E-state index < -0.39 is 11.9 Å². The Labute approximate surface area is 280 Å². The third-order valence-corrected chi connectivity index (χ3v) is 9.31. The molecule has 2 fully saturated rings. The van der Waals surface area contributed by atoms with Gasteiger partial charge >= 0.3 is 0 Å². The molecular formula is C37H43N7O4. The molecule has 3 aromatic heterocycles. The molecule has 11 nitrogen and oxygen atoms in total. The second-order valence-electron chi connectivity index (χ2n) is 13.9. The highest BCUT2D eigenvalue weighted by Gasteiger charge is 2.27. The summed E-state index contributed by atoms with van der Waals surface area (Å²) in [5.41, 5.74) is 5.57. The van der Waals surface area contributed by atoms with E-state index in [1.54, 1.807) is 4.68 Å². The van der Waals surface area contributed by atoms with Crippen LogP contribution in [0.1, 0.15) is 80.6 Å². The van der Waals surface area contributed by atoms with Crippen LogP contribution >= 0.6 is 0 Å². The minimum atomic E-state index is -1.01. The van der Waals surface area contributed by atoms with Gasteiger partial charge in [-0.2, -0.15) is 10.4 Å². The fourth-order valence-corrected chi connectivity index (χ4v) is 6.66. The van der Waals surface area contributed by atoms with Crippen LogP contribution in [0.3, 0.4) is 0 Å². The van der Waals surface area contributed by atoms with Crippen molar-refractivity contribution in [2.75, 3.05) is 19.7 Å². The number of nitriles is 1. The van der Waals surface area contributed by atoms with Crippen LogP contribution < -0.4 is 4.74 Å². The summed E-state index contributed by atoms with van der Waals surface area (Å²) in [6, 6.07) is 20.0. The summed E-state index contributed by atoms with van der Waals surface area (Å²) >= 11 is 0. The highest BCUT2D eigenvalue weighted by Crippen LogP contribution is 2.31. The number of aliphatic hydroxyl groups is 1. The maximum absolute atomic E-state index is 10.8. The van der Waals surface area contributed by atoms with E-state index in [9.17, 15) is 10.4 Å². The molecule has 1 unspecified atom stereocenters. The lowest BCUT2D eigenvalue weighted by Crippen LogP contribution is -2.35. The standard InChI is InChI=1S/C37H43N7O4/c1-37(2,3)48-36(45)26-9-11-30-33(19-26)44(21-27-14-17-46-27)34(39-30)22-43-15-12-25(13-16-43)29-6-5-7-35(40-29)47-23-24-8-10-28-31(20-38)41-42(4)32(28)18-24/h5-11,18-19,25,27,36,45H,12-17,21-23H2,1-4H3/t27-,36?/m0/s1. The van der Waals surface area contributed by atoms with Gasteiger partial charge in [-0.1, -0.05) is 18.2 Å². The van der Waals surface area contributed by atoms with Crippen LogP contribution in [0.15, 0.2) is 54.6 Å². The average molecular weight is 650 g/mol. The minimum Gasteiger partial charge on any atom is -0.473 e. The molecule has 2 aliphatic rings. The fraction of sp³-hybridized carbons (Fsp3) is 0.459. The summed E-state index contributed by atoms with van der Waals surface area (Å²) < 4.78 is 21.8. The Morgan fingerprint density at radius 3 is 2.58 bits per heavy atom. The van der Waals surface area contributed by atoms with Crippen molar-refractivity contribution >= 4 is 21.9 Å². The number of hydrogen-bond acceptors (Lipinski definition) is 9. The molecule has 0 aliphatic carbocycles. The van der Waals surface area contributed by atoms with Crippen molar-refractivity contribution < 1.29 is 19.3 Å². The molecule has 2 aromatic carbocycles. The first-order valence-electron chi connectivity index (χ1n) is 16.8. The van der Waals surface area contributed by atoms with Crippen molar-refractivity contribution in [3.05, 3.63) is 82.9 Å². The zero-order valence-electron chi connectivity index (χ0n) is 28.1. The molecule has 0 spiro atoms. The van der Waals surface area contributed by atoms with E-state index in [1.165, 1.54) is 0 Å². The number of pyridine rings is 1. The summed E-state index contributed by atoms with van der Waals surface area (Å²) in [7, 11) is 1.84. The second-order valence-corrected chi connectivity index (χ2v) is 13.9. The molecule has 0 saturated carbocycles. The van der Waals surface area contributed by atoms with Crippen molar-refractivity contribution in [3.63, 3.8) is 0 Å². The van der Waals surface area contributed by atoms with Crippen LogP contribution in [0.5, 0.6) is 5.88 Å². The molecule has 2 saturated heterocycles. The maximum Gasteiger partial charge on any atom is 0.213 e. The van der Waals surface area contributed by atoms with Gasteiger partial charge in [0.05, 0.1) is 41.3 Å². The van der Waals surface area contributed by atoms with E-state index in [0.29, 0.717) is 24.1 Å². The van der Waals surface area contributed by atoms with Gasteiger partial charge in [-0.05, 0) is 89.0 Å². The van der Waals surface area contributed by atoms with E-state index in [4.69, 9.17) is 24.2 Å². The van der Waals surface area contributed by atoms with Crippen molar-refractivity contribution in [1.29, 1.82) is 5.26 Å². The van der Waals surface area contributed by atoms with Crippen LogP contribution in [0.4, 0.5) is 0 Å². The van der Waals surface area contributed by atoms with E-state index >= 15 is 0 Å². The number of aryl methyl sites for hydroxylation is 1. The first-order chi connectivity index (χ1) is 23.1. The topological polar surface area (TPSA) is 123 Å². The largest absolute Gasteiger partial charge is 0.473 e. The van der Waals surface area contributed by atoms with E-state index in [2.05, 4.69) is 26.7 Å². The number of aromatic nitrogens is 5. The van der Waals surface area contributed by atoms with E-state index in [-0.39, 0.29) is 6.10 Å². The predicted octanol–water partition coefficient (Wildman–Crippen LogP) is 5.74. The molecule has 5 heterocycles. The average Bonchev–Trinajstić information content (AvgIpc) is 3.56. The van der Waals surface area contributed by atoms with Gasteiger partial charge in [0.1, 0.15) is 18.5 Å². The lowest BCUT2D eigenvalue weighted by atomic mass is 9.93. The van der Waals surface area contributed by atoms with E-state index in [1.807, 2.05) is 76.3 Å². The Morgan fingerprint density at radius 1 is 1.04 bits per heavy atom. The molecule has 0 radical (unpaired) electrons. The second kappa shape index (κ2) is 13.3.